The van der Waals surface area contributed by atoms with E-state index in [9.17, 15) is 9.59 Å². The van der Waals surface area contributed by atoms with E-state index in [4.69, 9.17) is 4.74 Å². The molecule has 0 saturated heterocycles. The molecule has 0 radical (unpaired) electrons. The summed E-state index contributed by atoms with van der Waals surface area (Å²) in [4.78, 5) is 24.5. The van der Waals surface area contributed by atoms with Crippen molar-refractivity contribution in [3.05, 3.63) is 82.7 Å². The lowest BCUT2D eigenvalue weighted by Gasteiger charge is -2.19. The molecule has 2 amide bonds. The second-order valence-electron chi connectivity index (χ2n) is 8.68. The van der Waals surface area contributed by atoms with E-state index in [1.807, 2.05) is 36.7 Å². The van der Waals surface area contributed by atoms with Crippen molar-refractivity contribution in [1.29, 1.82) is 0 Å². The van der Waals surface area contributed by atoms with E-state index in [0.717, 1.165) is 17.0 Å². The summed E-state index contributed by atoms with van der Waals surface area (Å²) in [6, 6.07) is 16.8. The minimum absolute atomic E-state index is 0.191. The quantitative estimate of drug-likeness (QED) is 0.582. The van der Waals surface area contributed by atoms with Crippen LogP contribution in [-0.4, -0.2) is 27.4 Å². The number of nitrogens with zero attached hydrogens (tertiary/aromatic N) is 2. The molecule has 1 aromatic heterocycles. The minimum Gasteiger partial charge on any atom is -0.444 e. The Morgan fingerprint density at radius 1 is 1.00 bits per heavy atom. The molecule has 0 atom stereocenters. The summed E-state index contributed by atoms with van der Waals surface area (Å²) in [5.74, 6) is -0.191. The Hall–Kier alpha value is -3.61. The maximum atomic E-state index is 12.6. The molecule has 168 valence electrons. The summed E-state index contributed by atoms with van der Waals surface area (Å²) in [6.07, 6.45) is -0.534. The standard InChI is InChI=1S/C25H30N4O3/c1-17-22(18(2)29(28-17)16-19-9-7-6-8-10-19)15-26-23(30)20-11-13-21(14-12-20)27-24(31)32-25(3,4)5/h6-14H,15-16H2,1-5H3,(H,26,30)(H,27,31). The summed E-state index contributed by atoms with van der Waals surface area (Å²) in [5.41, 5.74) is 4.61. The monoisotopic (exact) mass is 434 g/mol. The van der Waals surface area contributed by atoms with Gasteiger partial charge in [0, 0.05) is 29.1 Å². The summed E-state index contributed by atoms with van der Waals surface area (Å²) in [7, 11) is 0. The van der Waals surface area contributed by atoms with Gasteiger partial charge in [0.25, 0.3) is 5.91 Å². The average molecular weight is 435 g/mol. The number of nitrogens with one attached hydrogen (secondary N) is 2. The fourth-order valence-electron chi connectivity index (χ4n) is 3.30. The Bertz CT molecular complexity index is 1080. The van der Waals surface area contributed by atoms with Crippen LogP contribution >= 0.6 is 0 Å². The predicted octanol–water partition coefficient (Wildman–Crippen LogP) is 4.83. The molecule has 0 aliphatic heterocycles. The lowest BCUT2D eigenvalue weighted by Crippen LogP contribution is -2.27. The molecule has 3 rings (SSSR count). The van der Waals surface area contributed by atoms with Crippen LogP contribution < -0.4 is 10.6 Å². The molecule has 0 bridgehead atoms. The highest BCUT2D eigenvalue weighted by atomic mass is 16.6. The smallest absolute Gasteiger partial charge is 0.412 e. The van der Waals surface area contributed by atoms with Gasteiger partial charge in [-0.1, -0.05) is 30.3 Å². The van der Waals surface area contributed by atoms with E-state index in [0.29, 0.717) is 24.3 Å². The number of aromatic nitrogens is 2. The first-order valence-corrected chi connectivity index (χ1v) is 10.6. The van der Waals surface area contributed by atoms with Gasteiger partial charge in [-0.3, -0.25) is 14.8 Å². The number of aryl methyl sites for hydroxylation is 1. The summed E-state index contributed by atoms with van der Waals surface area (Å²) in [6.45, 7) is 10.4. The third-order valence-electron chi connectivity index (χ3n) is 4.92. The molecular weight excluding hydrogens is 404 g/mol. The SMILES string of the molecule is Cc1nn(Cc2ccccc2)c(C)c1CNC(=O)c1ccc(NC(=O)OC(C)(C)C)cc1. The van der Waals surface area contributed by atoms with Crippen LogP contribution in [0, 0.1) is 13.8 Å². The number of carbonyl (C=O) groups excluding carboxylic acids is 2. The normalized spacial score (nSPS) is 11.2. The van der Waals surface area contributed by atoms with Crippen LogP contribution in [0.25, 0.3) is 0 Å². The average Bonchev–Trinajstić information content (AvgIpc) is 2.98. The van der Waals surface area contributed by atoms with Crippen molar-refractivity contribution in [2.75, 3.05) is 5.32 Å². The number of benzene rings is 2. The van der Waals surface area contributed by atoms with Crippen LogP contribution in [0.5, 0.6) is 0 Å². The molecule has 32 heavy (non-hydrogen) atoms. The molecule has 0 fully saturated rings. The molecule has 2 aromatic carbocycles. The van der Waals surface area contributed by atoms with Crippen molar-refractivity contribution < 1.29 is 14.3 Å². The molecule has 7 heteroatoms. The zero-order valence-corrected chi connectivity index (χ0v) is 19.2. The number of hydrogen-bond acceptors (Lipinski definition) is 4. The van der Waals surface area contributed by atoms with E-state index in [-0.39, 0.29) is 5.91 Å². The van der Waals surface area contributed by atoms with Gasteiger partial charge in [-0.25, -0.2) is 4.79 Å². The van der Waals surface area contributed by atoms with Crippen molar-refractivity contribution in [1.82, 2.24) is 15.1 Å². The second-order valence-corrected chi connectivity index (χ2v) is 8.68. The van der Waals surface area contributed by atoms with Crippen molar-refractivity contribution in [3.63, 3.8) is 0 Å². The van der Waals surface area contributed by atoms with Crippen molar-refractivity contribution in [2.24, 2.45) is 0 Å². The molecule has 0 spiro atoms. The molecule has 0 saturated carbocycles. The van der Waals surface area contributed by atoms with Crippen molar-refractivity contribution >= 4 is 17.7 Å². The highest BCUT2D eigenvalue weighted by molar-refractivity contribution is 5.95. The molecule has 0 unspecified atom stereocenters. The van der Waals surface area contributed by atoms with Gasteiger partial charge in [-0.2, -0.15) is 5.10 Å². The molecule has 7 nitrogen and oxygen atoms in total. The number of anilines is 1. The third kappa shape index (κ3) is 6.20. The molecule has 0 aliphatic rings. The van der Waals surface area contributed by atoms with Crippen LogP contribution in [0.15, 0.2) is 54.6 Å². The molecular formula is C25H30N4O3. The number of ether oxygens (including phenoxy) is 1. The van der Waals surface area contributed by atoms with Gasteiger partial charge in [-0.15, -0.1) is 0 Å². The predicted molar refractivity (Wildman–Crippen MR) is 125 cm³/mol. The topological polar surface area (TPSA) is 85.3 Å². The summed E-state index contributed by atoms with van der Waals surface area (Å²) in [5, 5.41) is 10.3. The zero-order valence-electron chi connectivity index (χ0n) is 19.2. The van der Waals surface area contributed by atoms with Crippen LogP contribution in [0.4, 0.5) is 10.5 Å². The fourth-order valence-corrected chi connectivity index (χ4v) is 3.30. The van der Waals surface area contributed by atoms with E-state index in [1.165, 1.54) is 5.56 Å². The molecule has 3 aromatic rings. The lowest BCUT2D eigenvalue weighted by atomic mass is 10.1. The van der Waals surface area contributed by atoms with Gasteiger partial charge in [-0.05, 0) is 64.4 Å². The largest absolute Gasteiger partial charge is 0.444 e. The number of rotatable bonds is 6. The van der Waals surface area contributed by atoms with E-state index in [1.54, 1.807) is 45.0 Å². The van der Waals surface area contributed by atoms with E-state index < -0.39 is 11.7 Å². The van der Waals surface area contributed by atoms with Crippen molar-refractivity contribution in [3.8, 4) is 0 Å². The highest BCUT2D eigenvalue weighted by Gasteiger charge is 2.17. The van der Waals surface area contributed by atoms with E-state index >= 15 is 0 Å². The van der Waals surface area contributed by atoms with Gasteiger partial charge in [0.1, 0.15) is 5.60 Å². The van der Waals surface area contributed by atoms with Crippen LogP contribution in [-0.2, 0) is 17.8 Å². The summed E-state index contributed by atoms with van der Waals surface area (Å²) >= 11 is 0. The van der Waals surface area contributed by atoms with Crippen LogP contribution in [0.3, 0.4) is 0 Å². The maximum absolute atomic E-state index is 12.6. The zero-order chi connectivity index (χ0) is 23.3. The Morgan fingerprint density at radius 3 is 2.28 bits per heavy atom. The first-order valence-electron chi connectivity index (χ1n) is 10.6. The minimum atomic E-state index is -0.574. The first-order chi connectivity index (χ1) is 15.1. The van der Waals surface area contributed by atoms with Gasteiger partial charge < -0.3 is 10.1 Å². The van der Waals surface area contributed by atoms with Crippen molar-refractivity contribution in [2.45, 2.75) is 53.3 Å². The number of carbonyl (C=O) groups is 2. The third-order valence-corrected chi connectivity index (χ3v) is 4.92. The Labute approximate surface area is 188 Å². The Balaban J connectivity index is 1.59. The van der Waals surface area contributed by atoms with E-state index in [2.05, 4.69) is 27.9 Å². The molecule has 1 heterocycles. The lowest BCUT2D eigenvalue weighted by molar-refractivity contribution is 0.0635. The Morgan fingerprint density at radius 2 is 1.66 bits per heavy atom. The first kappa shape index (κ1) is 23.1. The highest BCUT2D eigenvalue weighted by Crippen LogP contribution is 2.16. The summed E-state index contributed by atoms with van der Waals surface area (Å²) < 4.78 is 7.19. The van der Waals surface area contributed by atoms with Crippen LogP contribution in [0.1, 0.15) is 53.6 Å². The second kappa shape index (κ2) is 9.68. The van der Waals surface area contributed by atoms with Gasteiger partial charge in [0.15, 0.2) is 0 Å². The van der Waals surface area contributed by atoms with Gasteiger partial charge >= 0.3 is 6.09 Å². The fraction of sp³-hybridized carbons (Fsp3) is 0.320. The number of hydrogen-bond donors (Lipinski definition) is 2. The maximum Gasteiger partial charge on any atom is 0.412 e. The Kier molecular flexibility index (Phi) is 6.98. The van der Waals surface area contributed by atoms with Crippen LogP contribution in [0.2, 0.25) is 0 Å². The molecule has 2 N–H and O–H groups in total. The van der Waals surface area contributed by atoms with Gasteiger partial charge in [0.2, 0.25) is 0 Å². The van der Waals surface area contributed by atoms with Gasteiger partial charge in [0.05, 0.1) is 12.2 Å². The molecule has 0 aliphatic carbocycles. The number of amides is 2.